The van der Waals surface area contributed by atoms with Crippen molar-refractivity contribution in [1.82, 2.24) is 0 Å². The molecule has 2 rings (SSSR count). The van der Waals surface area contributed by atoms with E-state index in [0.29, 0.717) is 5.75 Å². The molecule has 10 atom stereocenters. The zero-order chi connectivity index (χ0) is 34.7. The van der Waals surface area contributed by atoms with Gasteiger partial charge >= 0.3 is 41.8 Å². The van der Waals surface area contributed by atoms with E-state index in [4.69, 9.17) is 47.4 Å². The zero-order valence-corrected chi connectivity index (χ0v) is 27.6. The maximum atomic E-state index is 12.2. The Morgan fingerprint density at radius 3 is 1.33 bits per heavy atom. The number of hydrogen-bond donors (Lipinski definition) is 0. The van der Waals surface area contributed by atoms with Crippen LogP contribution in [0.3, 0.4) is 0 Å². The van der Waals surface area contributed by atoms with Gasteiger partial charge in [0, 0.05) is 48.5 Å². The first-order valence-electron chi connectivity index (χ1n) is 14.2. The molecule has 0 aliphatic carbocycles. The van der Waals surface area contributed by atoms with Crippen molar-refractivity contribution < 1.29 is 80.9 Å². The lowest BCUT2D eigenvalue weighted by atomic mass is 9.97. The smallest absolute Gasteiger partial charge is 0.303 e. The molecular weight excluding hydrogens is 640 g/mol. The Balaban J connectivity index is 2.53. The van der Waals surface area contributed by atoms with Gasteiger partial charge in [-0.2, -0.15) is 0 Å². The van der Waals surface area contributed by atoms with Gasteiger partial charge in [0.2, 0.25) is 0 Å². The van der Waals surface area contributed by atoms with E-state index in [1.54, 1.807) is 6.92 Å². The zero-order valence-electron chi connectivity index (χ0n) is 26.7. The van der Waals surface area contributed by atoms with Crippen LogP contribution < -0.4 is 0 Å². The number of hydrogen-bond acceptors (Lipinski definition) is 18. The van der Waals surface area contributed by atoms with Crippen LogP contribution in [0.25, 0.3) is 0 Å². The standard InChI is InChI=1S/C28H40O17S/c1-9-46-28-26(43-18(8)35)24(41-16(6)33)22(39-14(4)31)20(45-28)11-37-27-25(42-17(7)34)23(40-15(5)32)21(38-13(3)30)19(44-27)10-36-12(2)29/h19-28H,9-11H2,1-8H3/t19-,20-,21+,22-,23+,24+,25-,26-,27-,28+/m1/s1. The van der Waals surface area contributed by atoms with Crippen LogP contribution in [0.4, 0.5) is 0 Å². The van der Waals surface area contributed by atoms with Crippen LogP contribution in [-0.4, -0.2) is 121 Å². The molecule has 0 bridgehead atoms. The molecule has 0 aromatic heterocycles. The quantitative estimate of drug-likeness (QED) is 0.190. The van der Waals surface area contributed by atoms with E-state index < -0.39 is 116 Å². The van der Waals surface area contributed by atoms with Crippen molar-refractivity contribution in [2.45, 2.75) is 116 Å². The minimum atomic E-state index is -1.57. The predicted octanol–water partition coefficient (Wildman–Crippen LogP) is 0.359. The van der Waals surface area contributed by atoms with Crippen LogP contribution in [0, 0.1) is 0 Å². The Morgan fingerprint density at radius 2 is 0.891 bits per heavy atom. The first-order valence-corrected chi connectivity index (χ1v) is 15.3. The van der Waals surface area contributed by atoms with Crippen LogP contribution in [0.5, 0.6) is 0 Å². The highest BCUT2D eigenvalue weighted by molar-refractivity contribution is 7.99. The number of esters is 7. The highest BCUT2D eigenvalue weighted by Crippen LogP contribution is 2.35. The molecule has 0 aromatic carbocycles. The van der Waals surface area contributed by atoms with Gasteiger partial charge in [0.25, 0.3) is 0 Å². The summed E-state index contributed by atoms with van der Waals surface area (Å²) in [5.41, 5.74) is -0.922. The lowest BCUT2D eigenvalue weighted by molar-refractivity contribution is -0.317. The summed E-state index contributed by atoms with van der Waals surface area (Å²) in [6.07, 6.45) is -12.4. The van der Waals surface area contributed by atoms with Crippen LogP contribution in [-0.2, 0) is 80.9 Å². The van der Waals surface area contributed by atoms with Crippen molar-refractivity contribution >= 4 is 53.5 Å². The highest BCUT2D eigenvalue weighted by atomic mass is 32.2. The monoisotopic (exact) mass is 680 g/mol. The van der Waals surface area contributed by atoms with Gasteiger partial charge in [-0.25, -0.2) is 0 Å². The topological polar surface area (TPSA) is 212 Å². The molecule has 2 heterocycles. The molecule has 46 heavy (non-hydrogen) atoms. The SMILES string of the molecule is CCS[C@@H]1O[C@H](CO[C@@H]2O[C@H](COC(C)=O)[C@H](OC(C)=O)[C@H](OC(C)=O)[C@H]2OC(C)=O)[C@@H](OC(C)=O)[C@H](OC(C)=O)[C@H]1OC(C)=O. The van der Waals surface area contributed by atoms with Gasteiger partial charge in [-0.05, 0) is 5.75 Å². The Kier molecular flexibility index (Phi) is 15.2. The largest absolute Gasteiger partial charge is 0.463 e. The molecule has 2 aliphatic rings. The fraction of sp³-hybridized carbons (Fsp3) is 0.750. The molecule has 0 amide bonds. The summed E-state index contributed by atoms with van der Waals surface area (Å²) in [6, 6.07) is 0. The summed E-state index contributed by atoms with van der Waals surface area (Å²) in [6.45, 7) is 8.57. The molecule has 0 aromatic rings. The van der Waals surface area contributed by atoms with E-state index >= 15 is 0 Å². The van der Waals surface area contributed by atoms with Crippen molar-refractivity contribution in [3.05, 3.63) is 0 Å². The fourth-order valence-electron chi connectivity index (χ4n) is 4.80. The Bertz CT molecular complexity index is 1130. The third-order valence-electron chi connectivity index (χ3n) is 6.20. The molecule has 0 N–H and O–H groups in total. The maximum Gasteiger partial charge on any atom is 0.303 e. The first-order chi connectivity index (χ1) is 21.5. The molecule has 0 radical (unpaired) electrons. The first kappa shape index (κ1) is 38.7. The molecule has 18 heteroatoms. The summed E-state index contributed by atoms with van der Waals surface area (Å²) < 4.78 is 55.7. The Labute approximate surface area is 269 Å². The fourth-order valence-corrected chi connectivity index (χ4v) is 5.75. The second-order valence-electron chi connectivity index (χ2n) is 10.1. The minimum Gasteiger partial charge on any atom is -0.463 e. The van der Waals surface area contributed by atoms with Gasteiger partial charge in [-0.3, -0.25) is 33.6 Å². The van der Waals surface area contributed by atoms with Gasteiger partial charge in [-0.15, -0.1) is 11.8 Å². The number of thioether (sulfide) groups is 1. The average molecular weight is 681 g/mol. The lowest BCUT2D eigenvalue weighted by Crippen LogP contribution is -2.64. The van der Waals surface area contributed by atoms with E-state index in [1.807, 2.05) is 0 Å². The molecule has 2 fully saturated rings. The summed E-state index contributed by atoms with van der Waals surface area (Å²) in [4.78, 5) is 84.1. The minimum absolute atomic E-state index is 0.473. The van der Waals surface area contributed by atoms with E-state index in [9.17, 15) is 33.6 Å². The molecular formula is C28H40O17S. The number of carbonyl (C=O) groups is 7. The van der Waals surface area contributed by atoms with Crippen LogP contribution >= 0.6 is 11.8 Å². The second kappa shape index (κ2) is 18.0. The van der Waals surface area contributed by atoms with Gasteiger partial charge in [-0.1, -0.05) is 6.92 Å². The van der Waals surface area contributed by atoms with Crippen molar-refractivity contribution in [2.24, 2.45) is 0 Å². The molecule has 0 saturated carbocycles. The molecule has 260 valence electrons. The molecule has 0 spiro atoms. The summed E-state index contributed by atoms with van der Waals surface area (Å²) in [5, 5.41) is 0. The summed E-state index contributed by atoms with van der Waals surface area (Å²) >= 11 is 1.21. The van der Waals surface area contributed by atoms with Gasteiger partial charge in [0.05, 0.1) is 6.61 Å². The lowest BCUT2D eigenvalue weighted by Gasteiger charge is -2.46. The average Bonchev–Trinajstić information content (AvgIpc) is 2.91. The van der Waals surface area contributed by atoms with Crippen molar-refractivity contribution in [1.29, 1.82) is 0 Å². The van der Waals surface area contributed by atoms with Crippen molar-refractivity contribution in [2.75, 3.05) is 19.0 Å². The second-order valence-corrected chi connectivity index (χ2v) is 11.5. The Hall–Kier alpha value is -3.48. The van der Waals surface area contributed by atoms with E-state index in [2.05, 4.69) is 0 Å². The highest BCUT2D eigenvalue weighted by Gasteiger charge is 2.55. The maximum absolute atomic E-state index is 12.2. The van der Waals surface area contributed by atoms with Crippen molar-refractivity contribution in [3.8, 4) is 0 Å². The Morgan fingerprint density at radius 1 is 0.500 bits per heavy atom. The van der Waals surface area contributed by atoms with E-state index in [-0.39, 0.29) is 0 Å². The third kappa shape index (κ3) is 11.7. The number of carbonyl (C=O) groups excluding carboxylic acids is 7. The summed E-state index contributed by atoms with van der Waals surface area (Å²) in [5.74, 6) is -4.97. The van der Waals surface area contributed by atoms with Gasteiger partial charge in [0.1, 0.15) is 24.3 Å². The van der Waals surface area contributed by atoms with Gasteiger partial charge < -0.3 is 47.4 Å². The third-order valence-corrected chi connectivity index (χ3v) is 7.24. The number of rotatable bonds is 13. The molecule has 17 nitrogen and oxygen atoms in total. The van der Waals surface area contributed by atoms with Crippen LogP contribution in [0.15, 0.2) is 0 Å². The normalized spacial score (nSPS) is 30.6. The van der Waals surface area contributed by atoms with Gasteiger partial charge in [0.15, 0.2) is 42.9 Å². The molecule has 2 saturated heterocycles. The van der Waals surface area contributed by atoms with Crippen LogP contribution in [0.1, 0.15) is 55.4 Å². The van der Waals surface area contributed by atoms with Crippen molar-refractivity contribution in [3.63, 3.8) is 0 Å². The number of ether oxygens (including phenoxy) is 10. The van der Waals surface area contributed by atoms with E-state index in [1.165, 1.54) is 11.8 Å². The van der Waals surface area contributed by atoms with Crippen LogP contribution in [0.2, 0.25) is 0 Å². The predicted molar refractivity (Wildman–Crippen MR) is 151 cm³/mol. The molecule has 2 aliphatic heterocycles. The molecule has 0 unspecified atom stereocenters. The summed E-state index contributed by atoms with van der Waals surface area (Å²) in [7, 11) is 0. The van der Waals surface area contributed by atoms with E-state index in [0.717, 1.165) is 48.5 Å².